The van der Waals surface area contributed by atoms with Gasteiger partial charge in [0.05, 0.1) is 10.9 Å². The SMILES string of the molecule is CCc1cccc(C)c1NC(=S)NNC(=O)CCc1nc2ccccc2c(=O)n1C. The average molecular weight is 424 g/mol. The first-order chi connectivity index (χ1) is 14.4. The highest BCUT2D eigenvalue weighted by Crippen LogP contribution is 2.20. The van der Waals surface area contributed by atoms with Crippen molar-refractivity contribution >= 4 is 39.8 Å². The molecule has 1 aromatic heterocycles. The summed E-state index contributed by atoms with van der Waals surface area (Å²) in [5.41, 5.74) is 9.01. The standard InChI is InChI=1S/C22H25N5O2S/c1-4-15-9-7-8-14(2)20(15)24-22(30)26-25-19(28)13-12-18-23-17-11-6-5-10-16(17)21(29)27(18)3/h5-11H,4,12-13H2,1-3H3,(H,25,28)(H2,24,26,30). The second kappa shape index (κ2) is 9.49. The zero-order valence-corrected chi connectivity index (χ0v) is 18.1. The molecular weight excluding hydrogens is 398 g/mol. The van der Waals surface area contributed by atoms with Gasteiger partial charge in [-0.3, -0.25) is 25.0 Å². The fourth-order valence-electron chi connectivity index (χ4n) is 3.25. The van der Waals surface area contributed by atoms with Crippen LogP contribution in [0.25, 0.3) is 10.9 Å². The van der Waals surface area contributed by atoms with Crippen molar-refractivity contribution in [3.8, 4) is 0 Å². The molecule has 0 fully saturated rings. The van der Waals surface area contributed by atoms with E-state index in [1.54, 1.807) is 19.2 Å². The Balaban J connectivity index is 1.57. The summed E-state index contributed by atoms with van der Waals surface area (Å²) in [6.45, 7) is 4.08. The first kappa shape index (κ1) is 21.4. The third-order valence-corrected chi connectivity index (χ3v) is 5.15. The zero-order chi connectivity index (χ0) is 21.7. The van der Waals surface area contributed by atoms with Crippen molar-refractivity contribution in [2.75, 3.05) is 5.32 Å². The van der Waals surface area contributed by atoms with Crippen LogP contribution >= 0.6 is 12.2 Å². The summed E-state index contributed by atoms with van der Waals surface area (Å²) in [5.74, 6) is 0.309. The van der Waals surface area contributed by atoms with Crippen LogP contribution in [0.2, 0.25) is 0 Å². The second-order valence-electron chi connectivity index (χ2n) is 7.00. The van der Waals surface area contributed by atoms with Crippen molar-refractivity contribution in [2.24, 2.45) is 7.05 Å². The van der Waals surface area contributed by atoms with Crippen LogP contribution in [-0.2, 0) is 24.7 Å². The van der Waals surface area contributed by atoms with Gasteiger partial charge >= 0.3 is 0 Å². The fraction of sp³-hybridized carbons (Fsp3) is 0.273. The average Bonchev–Trinajstić information content (AvgIpc) is 2.75. The Kier molecular flexibility index (Phi) is 6.79. The summed E-state index contributed by atoms with van der Waals surface area (Å²) in [5, 5.41) is 4.02. The number of benzene rings is 2. The summed E-state index contributed by atoms with van der Waals surface area (Å²) in [6.07, 6.45) is 1.37. The monoisotopic (exact) mass is 423 g/mol. The lowest BCUT2D eigenvalue weighted by atomic mass is 10.1. The van der Waals surface area contributed by atoms with Crippen molar-refractivity contribution in [1.82, 2.24) is 20.4 Å². The summed E-state index contributed by atoms with van der Waals surface area (Å²) in [4.78, 5) is 29.2. The first-order valence-electron chi connectivity index (χ1n) is 9.79. The van der Waals surface area contributed by atoms with E-state index < -0.39 is 0 Å². The molecule has 0 atom stereocenters. The number of anilines is 1. The van der Waals surface area contributed by atoms with E-state index in [9.17, 15) is 9.59 Å². The Hall–Kier alpha value is -3.26. The molecule has 0 radical (unpaired) electrons. The predicted molar refractivity (Wildman–Crippen MR) is 123 cm³/mol. The molecule has 1 amide bonds. The second-order valence-corrected chi connectivity index (χ2v) is 7.41. The number of nitrogens with one attached hydrogen (secondary N) is 3. The van der Waals surface area contributed by atoms with Crippen LogP contribution < -0.4 is 21.7 Å². The summed E-state index contributed by atoms with van der Waals surface area (Å²) in [7, 11) is 1.67. The molecule has 0 unspecified atom stereocenters. The van der Waals surface area contributed by atoms with Gasteiger partial charge < -0.3 is 5.32 Å². The van der Waals surface area contributed by atoms with Gasteiger partial charge in [-0.1, -0.05) is 37.3 Å². The van der Waals surface area contributed by atoms with Crippen molar-refractivity contribution in [2.45, 2.75) is 33.1 Å². The number of amides is 1. The van der Waals surface area contributed by atoms with Gasteiger partial charge in [-0.2, -0.15) is 0 Å². The number of hydrazine groups is 1. The van der Waals surface area contributed by atoms with E-state index in [0.717, 1.165) is 23.2 Å². The predicted octanol–water partition coefficient (Wildman–Crippen LogP) is 2.75. The summed E-state index contributed by atoms with van der Waals surface area (Å²) >= 11 is 5.30. The Morgan fingerprint density at radius 1 is 1.13 bits per heavy atom. The van der Waals surface area contributed by atoms with Crippen LogP contribution in [0.15, 0.2) is 47.3 Å². The maximum absolute atomic E-state index is 12.4. The molecule has 0 spiro atoms. The van der Waals surface area contributed by atoms with E-state index in [1.165, 1.54) is 4.57 Å². The molecule has 0 aliphatic rings. The Labute approximate surface area is 180 Å². The van der Waals surface area contributed by atoms with E-state index >= 15 is 0 Å². The summed E-state index contributed by atoms with van der Waals surface area (Å²) in [6, 6.07) is 13.2. The van der Waals surface area contributed by atoms with E-state index in [-0.39, 0.29) is 17.9 Å². The van der Waals surface area contributed by atoms with Gasteiger partial charge in [-0.05, 0) is 48.8 Å². The minimum atomic E-state index is -0.248. The normalized spacial score (nSPS) is 10.6. The third kappa shape index (κ3) is 4.83. The molecule has 1 heterocycles. The Morgan fingerprint density at radius 2 is 1.90 bits per heavy atom. The number of rotatable bonds is 5. The maximum Gasteiger partial charge on any atom is 0.261 e. The van der Waals surface area contributed by atoms with Crippen LogP contribution in [0, 0.1) is 6.92 Å². The van der Waals surface area contributed by atoms with E-state index in [0.29, 0.717) is 28.3 Å². The van der Waals surface area contributed by atoms with Gasteiger partial charge in [0, 0.05) is 25.6 Å². The van der Waals surface area contributed by atoms with Gasteiger partial charge in [0.1, 0.15) is 5.82 Å². The molecule has 0 saturated carbocycles. The highest BCUT2D eigenvalue weighted by atomic mass is 32.1. The number of carbonyl (C=O) groups excluding carboxylic acids is 1. The molecule has 156 valence electrons. The minimum absolute atomic E-state index is 0.121. The molecular formula is C22H25N5O2S. The maximum atomic E-state index is 12.4. The van der Waals surface area contributed by atoms with Crippen molar-refractivity contribution in [3.63, 3.8) is 0 Å². The quantitative estimate of drug-likeness (QED) is 0.432. The molecule has 3 rings (SSSR count). The number of thiocarbonyl (C=S) groups is 1. The molecule has 2 aromatic carbocycles. The molecule has 30 heavy (non-hydrogen) atoms. The zero-order valence-electron chi connectivity index (χ0n) is 17.3. The van der Waals surface area contributed by atoms with E-state index in [2.05, 4.69) is 28.1 Å². The Bertz CT molecular complexity index is 1160. The topological polar surface area (TPSA) is 88.1 Å². The fourth-order valence-corrected chi connectivity index (χ4v) is 3.40. The van der Waals surface area contributed by atoms with Crippen molar-refractivity contribution in [3.05, 3.63) is 69.8 Å². The number of nitrogens with zero attached hydrogens (tertiary/aromatic N) is 2. The Morgan fingerprint density at radius 3 is 2.67 bits per heavy atom. The van der Waals surface area contributed by atoms with Crippen LogP contribution in [0.1, 0.15) is 30.3 Å². The van der Waals surface area contributed by atoms with Crippen molar-refractivity contribution in [1.29, 1.82) is 0 Å². The number of fused-ring (bicyclic) bond motifs is 1. The highest BCUT2D eigenvalue weighted by molar-refractivity contribution is 7.80. The van der Waals surface area contributed by atoms with Gasteiger partial charge in [-0.25, -0.2) is 4.98 Å². The molecule has 7 nitrogen and oxygen atoms in total. The lowest BCUT2D eigenvalue weighted by molar-refractivity contribution is -0.121. The number of hydrogen-bond donors (Lipinski definition) is 3. The smallest absolute Gasteiger partial charge is 0.261 e. The van der Waals surface area contributed by atoms with E-state index in [4.69, 9.17) is 12.2 Å². The van der Waals surface area contributed by atoms with Crippen LogP contribution in [0.4, 0.5) is 5.69 Å². The van der Waals surface area contributed by atoms with Gasteiger partial charge in [0.25, 0.3) is 5.56 Å². The number of hydrogen-bond acceptors (Lipinski definition) is 4. The summed E-state index contributed by atoms with van der Waals surface area (Å²) < 4.78 is 1.49. The largest absolute Gasteiger partial charge is 0.331 e. The lowest BCUT2D eigenvalue weighted by Gasteiger charge is -2.16. The molecule has 3 aromatic rings. The highest BCUT2D eigenvalue weighted by Gasteiger charge is 2.11. The first-order valence-corrected chi connectivity index (χ1v) is 10.2. The lowest BCUT2D eigenvalue weighted by Crippen LogP contribution is -2.44. The molecule has 0 aliphatic carbocycles. The third-order valence-electron chi connectivity index (χ3n) is 4.95. The number of aromatic nitrogens is 2. The van der Waals surface area contributed by atoms with Crippen LogP contribution in [-0.4, -0.2) is 20.6 Å². The van der Waals surface area contributed by atoms with Crippen molar-refractivity contribution < 1.29 is 4.79 Å². The van der Waals surface area contributed by atoms with Gasteiger partial charge in [-0.15, -0.1) is 0 Å². The number of para-hydroxylation sites is 2. The molecule has 3 N–H and O–H groups in total. The molecule has 0 bridgehead atoms. The minimum Gasteiger partial charge on any atom is -0.331 e. The number of carbonyl (C=O) groups is 1. The van der Waals surface area contributed by atoms with Crippen LogP contribution in [0.5, 0.6) is 0 Å². The van der Waals surface area contributed by atoms with Gasteiger partial charge in [0.15, 0.2) is 5.11 Å². The van der Waals surface area contributed by atoms with E-state index in [1.807, 2.05) is 37.3 Å². The molecule has 8 heteroatoms. The number of aryl methyl sites for hydroxylation is 3. The molecule has 0 saturated heterocycles. The van der Waals surface area contributed by atoms with Crippen LogP contribution in [0.3, 0.4) is 0 Å². The molecule has 0 aliphatic heterocycles. The van der Waals surface area contributed by atoms with Gasteiger partial charge in [0.2, 0.25) is 5.91 Å².